The van der Waals surface area contributed by atoms with E-state index in [1.165, 1.54) is 0 Å². The highest BCUT2D eigenvalue weighted by Crippen LogP contribution is 2.18. The molecule has 1 saturated heterocycles. The van der Waals surface area contributed by atoms with Gasteiger partial charge >= 0.3 is 17.9 Å². The molecule has 1 aromatic heterocycles. The van der Waals surface area contributed by atoms with Crippen LogP contribution in [0.3, 0.4) is 0 Å². The van der Waals surface area contributed by atoms with E-state index in [4.69, 9.17) is 20.4 Å². The fraction of sp³-hybridized carbons (Fsp3) is 0.632. The monoisotopic (exact) mass is 475 g/mol. The summed E-state index contributed by atoms with van der Waals surface area (Å²) in [5.74, 6) is -3.27. The largest absolute Gasteiger partial charge is 0.481 e. The van der Waals surface area contributed by atoms with Crippen LogP contribution in [0.2, 0.25) is 0 Å². The van der Waals surface area contributed by atoms with Gasteiger partial charge in [0.25, 0.3) is 0 Å². The van der Waals surface area contributed by atoms with Crippen LogP contribution in [-0.2, 0) is 30.8 Å². The summed E-state index contributed by atoms with van der Waals surface area (Å²) in [7, 11) is -0.863. The second-order valence-electron chi connectivity index (χ2n) is 8.05. The van der Waals surface area contributed by atoms with E-state index in [0.717, 1.165) is 17.8 Å². The lowest BCUT2D eigenvalue weighted by Gasteiger charge is -2.22. The first kappa shape index (κ1) is 27.4. The number of carbonyl (C=O) groups is 3. The van der Waals surface area contributed by atoms with Crippen LogP contribution in [0.1, 0.15) is 50.4 Å². The highest BCUT2D eigenvalue weighted by atomic mass is 32.2. The zero-order valence-electron chi connectivity index (χ0n) is 18.1. The maximum Gasteiger partial charge on any atom is 0.336 e. The maximum atomic E-state index is 11.5. The number of rotatable bonds is 9. The van der Waals surface area contributed by atoms with E-state index < -0.39 is 46.2 Å². The van der Waals surface area contributed by atoms with Gasteiger partial charge in [-0.1, -0.05) is 13.8 Å². The SMILES string of the molecule is CC(C)c1ncc(CN(C)C2CCS(=O)(=O)C2)cn1.O=C(O)CC(O)(CC(=O)O)C(=O)O. The Labute approximate surface area is 185 Å². The summed E-state index contributed by atoms with van der Waals surface area (Å²) in [6, 6.07) is 0.120. The van der Waals surface area contributed by atoms with Gasteiger partial charge in [-0.3, -0.25) is 14.5 Å². The number of carboxylic acids is 3. The first-order chi connectivity index (χ1) is 14.6. The molecular weight excluding hydrogens is 446 g/mol. The summed E-state index contributed by atoms with van der Waals surface area (Å²) < 4.78 is 22.9. The van der Waals surface area contributed by atoms with Gasteiger partial charge in [-0.15, -0.1) is 0 Å². The molecule has 0 aliphatic carbocycles. The van der Waals surface area contributed by atoms with Crippen molar-refractivity contribution in [3.05, 3.63) is 23.8 Å². The minimum absolute atomic E-state index is 0.120. The third kappa shape index (κ3) is 8.85. The van der Waals surface area contributed by atoms with Gasteiger partial charge in [-0.25, -0.2) is 23.2 Å². The third-order valence-electron chi connectivity index (χ3n) is 4.79. The molecule has 2 heterocycles. The number of carboxylic acid groups (broad SMARTS) is 3. The van der Waals surface area contributed by atoms with Crippen molar-refractivity contribution in [1.29, 1.82) is 0 Å². The van der Waals surface area contributed by atoms with Gasteiger partial charge in [-0.2, -0.15) is 0 Å². The first-order valence-electron chi connectivity index (χ1n) is 9.76. The van der Waals surface area contributed by atoms with Crippen molar-refractivity contribution in [2.75, 3.05) is 18.6 Å². The maximum absolute atomic E-state index is 11.5. The standard InChI is InChI=1S/C13H21N3O2S.C6H8O7/c1-10(2)13-14-6-11(7-15-13)8-16(3)12-4-5-19(17,18)9-12;7-3(8)1-6(13,5(11)12)2-4(9)10/h6-7,10,12H,4-5,8-9H2,1-3H3;13H,1-2H2,(H,7,8)(H,9,10)(H,11,12). The molecule has 1 aliphatic rings. The quantitative estimate of drug-likeness (QED) is 0.373. The number of sulfone groups is 1. The van der Waals surface area contributed by atoms with Crippen LogP contribution in [0.15, 0.2) is 12.4 Å². The van der Waals surface area contributed by atoms with Gasteiger partial charge in [0, 0.05) is 36.5 Å². The van der Waals surface area contributed by atoms with Crippen molar-refractivity contribution in [1.82, 2.24) is 14.9 Å². The van der Waals surface area contributed by atoms with Crippen molar-refractivity contribution >= 4 is 27.7 Å². The number of aromatic nitrogens is 2. The van der Waals surface area contributed by atoms with E-state index in [1.807, 2.05) is 19.4 Å². The number of hydrogen-bond acceptors (Lipinski definition) is 9. The van der Waals surface area contributed by atoms with Gasteiger partial charge in [0.1, 0.15) is 5.82 Å². The fourth-order valence-electron chi connectivity index (χ4n) is 3.00. The molecule has 1 unspecified atom stereocenters. The minimum atomic E-state index is -2.82. The van der Waals surface area contributed by atoms with Crippen molar-refractivity contribution in [2.45, 2.75) is 57.2 Å². The lowest BCUT2D eigenvalue weighted by molar-refractivity contribution is -0.170. The molecule has 4 N–H and O–H groups in total. The second-order valence-corrected chi connectivity index (χ2v) is 10.3. The lowest BCUT2D eigenvalue weighted by atomic mass is 9.96. The molecule has 12 nitrogen and oxygen atoms in total. The summed E-state index contributed by atoms with van der Waals surface area (Å²) in [6.45, 7) is 4.81. The van der Waals surface area contributed by atoms with Gasteiger partial charge in [0.15, 0.2) is 15.4 Å². The molecule has 1 atom stereocenters. The Morgan fingerprint density at radius 1 is 1.12 bits per heavy atom. The van der Waals surface area contributed by atoms with Crippen LogP contribution < -0.4 is 0 Å². The minimum Gasteiger partial charge on any atom is -0.481 e. The van der Waals surface area contributed by atoms with E-state index in [1.54, 1.807) is 0 Å². The third-order valence-corrected chi connectivity index (χ3v) is 6.54. The number of hydrogen-bond donors (Lipinski definition) is 4. The number of aliphatic carboxylic acids is 3. The van der Waals surface area contributed by atoms with Crippen LogP contribution in [0.5, 0.6) is 0 Å². The Kier molecular flexibility index (Phi) is 9.67. The van der Waals surface area contributed by atoms with Crippen LogP contribution in [0, 0.1) is 0 Å². The Hall–Kier alpha value is -2.64. The van der Waals surface area contributed by atoms with Crippen LogP contribution in [-0.4, -0.2) is 91.8 Å². The van der Waals surface area contributed by atoms with E-state index in [0.29, 0.717) is 18.2 Å². The average molecular weight is 476 g/mol. The van der Waals surface area contributed by atoms with E-state index in [-0.39, 0.29) is 11.8 Å². The lowest BCUT2D eigenvalue weighted by Crippen LogP contribution is -2.42. The Balaban J connectivity index is 0.000000347. The van der Waals surface area contributed by atoms with Crippen molar-refractivity contribution in [3.63, 3.8) is 0 Å². The molecule has 0 spiro atoms. The number of aliphatic hydroxyl groups is 1. The highest BCUT2D eigenvalue weighted by Gasteiger charge is 2.40. The van der Waals surface area contributed by atoms with Gasteiger partial charge in [0.05, 0.1) is 24.3 Å². The Morgan fingerprint density at radius 3 is 1.97 bits per heavy atom. The zero-order chi connectivity index (χ0) is 24.7. The van der Waals surface area contributed by atoms with Crippen LogP contribution >= 0.6 is 0 Å². The Bertz CT molecular complexity index is 900. The molecule has 1 aliphatic heterocycles. The summed E-state index contributed by atoms with van der Waals surface area (Å²) in [5.41, 5.74) is -1.71. The molecule has 32 heavy (non-hydrogen) atoms. The first-order valence-corrected chi connectivity index (χ1v) is 11.6. The summed E-state index contributed by atoms with van der Waals surface area (Å²) in [4.78, 5) is 41.2. The normalized spacial score (nSPS) is 17.6. The van der Waals surface area contributed by atoms with Crippen molar-refractivity contribution in [2.24, 2.45) is 0 Å². The fourth-order valence-corrected chi connectivity index (χ4v) is 4.80. The van der Waals surface area contributed by atoms with E-state index >= 15 is 0 Å². The molecule has 1 aromatic rings. The molecule has 180 valence electrons. The highest BCUT2D eigenvalue weighted by molar-refractivity contribution is 7.91. The van der Waals surface area contributed by atoms with Crippen molar-refractivity contribution < 1.29 is 43.2 Å². The number of nitrogens with zero attached hydrogens (tertiary/aromatic N) is 3. The molecule has 1 fully saturated rings. The Morgan fingerprint density at radius 2 is 1.62 bits per heavy atom. The zero-order valence-corrected chi connectivity index (χ0v) is 18.9. The van der Waals surface area contributed by atoms with Gasteiger partial charge < -0.3 is 20.4 Å². The topological polar surface area (TPSA) is 195 Å². The van der Waals surface area contributed by atoms with Crippen LogP contribution in [0.25, 0.3) is 0 Å². The average Bonchev–Trinajstić information content (AvgIpc) is 3.01. The van der Waals surface area contributed by atoms with E-state index in [9.17, 15) is 22.8 Å². The summed E-state index contributed by atoms with van der Waals surface area (Å²) >= 11 is 0. The summed E-state index contributed by atoms with van der Waals surface area (Å²) in [5, 5.41) is 33.8. The van der Waals surface area contributed by atoms with Crippen molar-refractivity contribution in [3.8, 4) is 0 Å². The molecule has 0 radical (unpaired) electrons. The molecule has 0 bridgehead atoms. The predicted molar refractivity (Wildman–Crippen MR) is 112 cm³/mol. The molecule has 0 amide bonds. The molecular formula is C19H29N3O9S. The molecule has 0 saturated carbocycles. The van der Waals surface area contributed by atoms with E-state index in [2.05, 4.69) is 28.7 Å². The smallest absolute Gasteiger partial charge is 0.336 e. The van der Waals surface area contributed by atoms with Gasteiger partial charge in [-0.05, 0) is 13.5 Å². The molecule has 13 heteroatoms. The molecule has 2 rings (SSSR count). The second kappa shape index (κ2) is 11.3. The van der Waals surface area contributed by atoms with Gasteiger partial charge in [0.2, 0.25) is 0 Å². The van der Waals surface area contributed by atoms with Crippen LogP contribution in [0.4, 0.5) is 0 Å². The molecule has 0 aromatic carbocycles. The summed E-state index contributed by atoms with van der Waals surface area (Å²) in [6.07, 6.45) is 2.11. The predicted octanol–water partition coefficient (Wildman–Crippen LogP) is -0.0296.